The van der Waals surface area contributed by atoms with Crippen molar-refractivity contribution in [2.45, 2.75) is 43.8 Å². The third-order valence-corrected chi connectivity index (χ3v) is 7.71. The normalized spacial score (nSPS) is 21.1. The van der Waals surface area contributed by atoms with Crippen LogP contribution in [0.3, 0.4) is 0 Å². The summed E-state index contributed by atoms with van der Waals surface area (Å²) in [4.78, 5) is 2.46. The summed E-state index contributed by atoms with van der Waals surface area (Å²) in [6.45, 7) is 2.02. The van der Waals surface area contributed by atoms with Gasteiger partial charge in [-0.15, -0.1) is 0 Å². The molecule has 1 N–H and O–H groups in total. The monoisotopic (exact) mass is 461 g/mol. The van der Waals surface area contributed by atoms with E-state index in [9.17, 15) is 5.11 Å². The molecule has 2 aromatic carbocycles. The Morgan fingerprint density at radius 2 is 1.71 bits per heavy atom. The van der Waals surface area contributed by atoms with Gasteiger partial charge in [-0.05, 0) is 72.7 Å². The molecule has 0 bridgehead atoms. The van der Waals surface area contributed by atoms with Crippen LogP contribution in [0.15, 0.2) is 54.7 Å². The second kappa shape index (κ2) is 9.80. The van der Waals surface area contributed by atoms with Gasteiger partial charge in [-0.3, -0.25) is 4.68 Å². The zero-order valence-corrected chi connectivity index (χ0v) is 20.4. The average Bonchev–Trinajstić information content (AvgIpc) is 3.30. The third kappa shape index (κ3) is 4.44. The number of benzene rings is 2. The van der Waals surface area contributed by atoms with Gasteiger partial charge in [-0.25, -0.2) is 0 Å². The standard InChI is InChI=1S/C28H35N3O3/c1-30-15-14-26(29-30)25-10-6-21-18-23(32)9-11-24(21)27(25)19-4-7-22(8-5-19)31-16-12-20(13-17-31)28(33-2)34-3/h4-5,7-9,11,14-15,18,20,25,27-28,32H,6,10,12-13,16-17H2,1-3H3/t25-,27-/m1/s1. The first kappa shape index (κ1) is 22.9. The number of piperidine rings is 1. The van der Waals surface area contributed by atoms with Gasteiger partial charge in [-0.1, -0.05) is 18.2 Å². The molecule has 0 spiro atoms. The van der Waals surface area contributed by atoms with E-state index in [-0.39, 0.29) is 12.2 Å². The van der Waals surface area contributed by atoms with Crippen molar-refractivity contribution in [2.24, 2.45) is 13.0 Å². The number of fused-ring (bicyclic) bond motifs is 1. The first-order valence-electron chi connectivity index (χ1n) is 12.3. The molecule has 1 fully saturated rings. The lowest BCUT2D eigenvalue weighted by molar-refractivity contribution is -0.141. The molecule has 2 atom stereocenters. The summed E-state index contributed by atoms with van der Waals surface area (Å²) in [6.07, 6.45) is 6.03. The number of hydrogen-bond acceptors (Lipinski definition) is 5. The van der Waals surface area contributed by atoms with Gasteiger partial charge in [0, 0.05) is 64.0 Å². The van der Waals surface area contributed by atoms with Crippen molar-refractivity contribution >= 4 is 5.69 Å². The minimum absolute atomic E-state index is 0.112. The number of phenolic OH excluding ortho intramolecular Hbond substituents is 1. The molecule has 6 heteroatoms. The lowest BCUT2D eigenvalue weighted by Crippen LogP contribution is -2.39. The number of aromatic hydroxyl groups is 1. The van der Waals surface area contributed by atoms with Crippen molar-refractivity contribution in [2.75, 3.05) is 32.2 Å². The number of methoxy groups -OCH3 is 2. The van der Waals surface area contributed by atoms with Gasteiger partial charge in [0.1, 0.15) is 5.75 Å². The third-order valence-electron chi connectivity index (χ3n) is 7.71. The summed E-state index contributed by atoms with van der Waals surface area (Å²) in [5.74, 6) is 1.33. The van der Waals surface area contributed by atoms with Crippen molar-refractivity contribution in [3.8, 4) is 5.75 Å². The molecule has 0 unspecified atom stereocenters. The van der Waals surface area contributed by atoms with E-state index in [1.165, 1.54) is 22.4 Å². The summed E-state index contributed by atoms with van der Waals surface area (Å²) < 4.78 is 12.9. The molecule has 1 aromatic heterocycles. The number of hydrogen-bond donors (Lipinski definition) is 1. The molecular weight excluding hydrogens is 426 g/mol. The van der Waals surface area contributed by atoms with E-state index >= 15 is 0 Å². The molecular formula is C28H35N3O3. The van der Waals surface area contributed by atoms with Crippen LogP contribution in [0, 0.1) is 5.92 Å². The van der Waals surface area contributed by atoms with Crippen LogP contribution in [0.1, 0.15) is 53.5 Å². The predicted octanol–water partition coefficient (Wildman–Crippen LogP) is 4.82. The van der Waals surface area contributed by atoms with Gasteiger partial charge in [-0.2, -0.15) is 5.10 Å². The Morgan fingerprint density at radius 3 is 2.35 bits per heavy atom. The van der Waals surface area contributed by atoms with E-state index in [0.29, 0.717) is 17.6 Å². The molecule has 5 rings (SSSR count). The van der Waals surface area contributed by atoms with Gasteiger partial charge < -0.3 is 19.5 Å². The van der Waals surface area contributed by atoms with E-state index in [4.69, 9.17) is 14.6 Å². The smallest absolute Gasteiger partial charge is 0.159 e. The number of rotatable bonds is 6. The number of ether oxygens (including phenoxy) is 2. The fourth-order valence-electron chi connectivity index (χ4n) is 5.97. The highest BCUT2D eigenvalue weighted by atomic mass is 16.7. The van der Waals surface area contributed by atoms with Gasteiger partial charge in [0.15, 0.2) is 6.29 Å². The van der Waals surface area contributed by atoms with Crippen LogP contribution in [-0.4, -0.2) is 48.5 Å². The number of aromatic nitrogens is 2. The number of phenols is 1. The average molecular weight is 462 g/mol. The second-order valence-electron chi connectivity index (χ2n) is 9.68. The van der Waals surface area contributed by atoms with Crippen molar-refractivity contribution in [3.05, 3.63) is 77.1 Å². The maximum atomic E-state index is 10.1. The fraction of sp³-hybridized carbons (Fsp3) is 0.464. The second-order valence-corrected chi connectivity index (χ2v) is 9.68. The Balaban J connectivity index is 1.39. The molecule has 2 aliphatic rings. The zero-order chi connectivity index (χ0) is 23.7. The minimum atomic E-state index is -0.112. The van der Waals surface area contributed by atoms with E-state index < -0.39 is 0 Å². The first-order valence-corrected chi connectivity index (χ1v) is 12.3. The van der Waals surface area contributed by atoms with Gasteiger partial charge in [0.2, 0.25) is 0 Å². The molecule has 1 saturated heterocycles. The Kier molecular flexibility index (Phi) is 6.61. The predicted molar refractivity (Wildman–Crippen MR) is 133 cm³/mol. The molecule has 0 radical (unpaired) electrons. The minimum Gasteiger partial charge on any atom is -0.508 e. The topological polar surface area (TPSA) is 59.8 Å². The van der Waals surface area contributed by atoms with Crippen LogP contribution in [0.2, 0.25) is 0 Å². The van der Waals surface area contributed by atoms with E-state index in [1.807, 2.05) is 30.1 Å². The Labute approximate surface area is 202 Å². The molecule has 1 aliphatic carbocycles. The molecule has 0 saturated carbocycles. The zero-order valence-electron chi connectivity index (χ0n) is 20.4. The largest absolute Gasteiger partial charge is 0.508 e. The van der Waals surface area contributed by atoms with Crippen LogP contribution >= 0.6 is 0 Å². The fourth-order valence-corrected chi connectivity index (χ4v) is 5.97. The molecule has 3 aromatic rings. The number of nitrogens with zero attached hydrogens (tertiary/aromatic N) is 3. The Morgan fingerprint density at radius 1 is 0.971 bits per heavy atom. The summed E-state index contributed by atoms with van der Waals surface area (Å²) in [6, 6.07) is 17.1. The number of aryl methyl sites for hydroxylation is 2. The maximum Gasteiger partial charge on any atom is 0.159 e. The Hall–Kier alpha value is -2.83. The van der Waals surface area contributed by atoms with Gasteiger partial charge >= 0.3 is 0 Å². The van der Waals surface area contributed by atoms with Crippen LogP contribution < -0.4 is 4.90 Å². The number of anilines is 1. The maximum absolute atomic E-state index is 10.1. The molecule has 180 valence electrons. The van der Waals surface area contributed by atoms with Crippen molar-refractivity contribution in [1.29, 1.82) is 0 Å². The van der Waals surface area contributed by atoms with Crippen LogP contribution in [-0.2, 0) is 22.9 Å². The van der Waals surface area contributed by atoms with Gasteiger partial charge in [0.05, 0.1) is 5.69 Å². The molecule has 1 aliphatic heterocycles. The highest BCUT2D eigenvalue weighted by Gasteiger charge is 2.34. The summed E-state index contributed by atoms with van der Waals surface area (Å²) in [7, 11) is 5.43. The van der Waals surface area contributed by atoms with Crippen LogP contribution in [0.4, 0.5) is 5.69 Å². The lowest BCUT2D eigenvalue weighted by atomic mass is 9.70. The van der Waals surface area contributed by atoms with Crippen LogP contribution in [0.5, 0.6) is 5.75 Å². The highest BCUT2D eigenvalue weighted by molar-refractivity contribution is 5.52. The van der Waals surface area contributed by atoms with Crippen molar-refractivity contribution in [1.82, 2.24) is 9.78 Å². The van der Waals surface area contributed by atoms with E-state index in [2.05, 4.69) is 41.3 Å². The summed E-state index contributed by atoms with van der Waals surface area (Å²) >= 11 is 0. The molecule has 2 heterocycles. The Bertz CT molecular complexity index is 1100. The van der Waals surface area contributed by atoms with Crippen molar-refractivity contribution < 1.29 is 14.6 Å². The van der Waals surface area contributed by atoms with E-state index in [1.54, 1.807) is 14.2 Å². The molecule has 6 nitrogen and oxygen atoms in total. The highest BCUT2D eigenvalue weighted by Crippen LogP contribution is 2.46. The molecule has 34 heavy (non-hydrogen) atoms. The summed E-state index contributed by atoms with van der Waals surface area (Å²) in [5, 5.41) is 14.8. The van der Waals surface area contributed by atoms with Gasteiger partial charge in [0.25, 0.3) is 0 Å². The first-order chi connectivity index (χ1) is 16.6. The van der Waals surface area contributed by atoms with E-state index in [0.717, 1.165) is 44.5 Å². The van der Waals surface area contributed by atoms with Crippen molar-refractivity contribution in [3.63, 3.8) is 0 Å². The summed E-state index contributed by atoms with van der Waals surface area (Å²) in [5.41, 5.74) is 6.26. The van der Waals surface area contributed by atoms with Crippen LogP contribution in [0.25, 0.3) is 0 Å². The SMILES string of the molecule is COC(OC)C1CCN(c2ccc([C@@H]3c4ccc(O)cc4CC[C@@H]3c3ccn(C)n3)cc2)CC1. The lowest BCUT2D eigenvalue weighted by Gasteiger charge is -2.36. The quantitative estimate of drug-likeness (QED) is 0.533. The molecule has 0 amide bonds.